The van der Waals surface area contributed by atoms with Gasteiger partial charge in [-0.3, -0.25) is 14.9 Å². The molecule has 4 rings (SSSR count). The monoisotopic (exact) mass is 449 g/mol. The average molecular weight is 450 g/mol. The summed E-state index contributed by atoms with van der Waals surface area (Å²) in [5.74, 6) is 0.859. The standard InChI is InChI=1S/C24H27N5O4/c1-32-20-9-8-17(12-21(20)33-2)10-11-28-15-19(13-22(28)30)23(31)26-24-25-16-29(27-24)14-18-6-4-3-5-7-18/h3-9,12,16,19H,10-11,13-15H2,1-2H3,(H,26,27,31). The molecule has 2 aromatic carbocycles. The Hall–Kier alpha value is -3.88. The molecule has 9 nitrogen and oxygen atoms in total. The van der Waals surface area contributed by atoms with Crippen molar-refractivity contribution in [1.82, 2.24) is 19.7 Å². The summed E-state index contributed by atoms with van der Waals surface area (Å²) >= 11 is 0. The third-order valence-corrected chi connectivity index (χ3v) is 5.66. The van der Waals surface area contributed by atoms with Crippen molar-refractivity contribution in [3.63, 3.8) is 0 Å². The highest BCUT2D eigenvalue weighted by Crippen LogP contribution is 2.28. The highest BCUT2D eigenvalue weighted by molar-refractivity contribution is 5.96. The van der Waals surface area contributed by atoms with Crippen molar-refractivity contribution < 1.29 is 19.1 Å². The Labute approximate surface area is 192 Å². The molecule has 33 heavy (non-hydrogen) atoms. The molecule has 1 unspecified atom stereocenters. The Bertz CT molecular complexity index is 1120. The molecule has 1 fully saturated rings. The number of nitrogens with one attached hydrogen (secondary N) is 1. The van der Waals surface area contributed by atoms with Crippen LogP contribution in [-0.4, -0.2) is 58.8 Å². The van der Waals surface area contributed by atoms with Crippen LogP contribution >= 0.6 is 0 Å². The van der Waals surface area contributed by atoms with E-state index in [-0.39, 0.29) is 24.2 Å². The fourth-order valence-corrected chi connectivity index (χ4v) is 3.87. The zero-order valence-corrected chi connectivity index (χ0v) is 18.7. The number of nitrogens with zero attached hydrogens (tertiary/aromatic N) is 4. The number of carbonyl (C=O) groups is 2. The van der Waals surface area contributed by atoms with Crippen LogP contribution in [0.15, 0.2) is 54.9 Å². The van der Waals surface area contributed by atoms with E-state index >= 15 is 0 Å². The summed E-state index contributed by atoms with van der Waals surface area (Å²) in [7, 11) is 3.18. The van der Waals surface area contributed by atoms with Crippen molar-refractivity contribution in [2.45, 2.75) is 19.4 Å². The second kappa shape index (κ2) is 10.2. The number of anilines is 1. The molecule has 0 bridgehead atoms. The van der Waals surface area contributed by atoms with Gasteiger partial charge in [-0.25, -0.2) is 9.67 Å². The molecular formula is C24H27N5O4. The summed E-state index contributed by atoms with van der Waals surface area (Å²) in [5.41, 5.74) is 2.12. The predicted molar refractivity (Wildman–Crippen MR) is 122 cm³/mol. The first-order valence-electron chi connectivity index (χ1n) is 10.8. The lowest BCUT2D eigenvalue weighted by Gasteiger charge is -2.17. The van der Waals surface area contributed by atoms with Crippen molar-refractivity contribution in [3.05, 3.63) is 66.0 Å². The number of amides is 2. The van der Waals surface area contributed by atoms with E-state index in [2.05, 4.69) is 15.4 Å². The SMILES string of the molecule is COc1ccc(CCN2CC(C(=O)Nc3ncn(Cc4ccccc4)n3)CC2=O)cc1OC. The van der Waals surface area contributed by atoms with Gasteiger partial charge in [0.25, 0.3) is 0 Å². The van der Waals surface area contributed by atoms with Crippen molar-refractivity contribution in [2.75, 3.05) is 32.6 Å². The molecule has 9 heteroatoms. The zero-order chi connectivity index (χ0) is 23.2. The van der Waals surface area contributed by atoms with Gasteiger partial charge >= 0.3 is 0 Å². The van der Waals surface area contributed by atoms with Gasteiger partial charge in [-0.15, -0.1) is 5.10 Å². The first-order chi connectivity index (χ1) is 16.1. The third-order valence-electron chi connectivity index (χ3n) is 5.66. The Balaban J connectivity index is 1.29. The second-order valence-corrected chi connectivity index (χ2v) is 7.92. The summed E-state index contributed by atoms with van der Waals surface area (Å²) < 4.78 is 12.3. The van der Waals surface area contributed by atoms with Gasteiger partial charge in [-0.05, 0) is 29.7 Å². The number of carbonyl (C=O) groups excluding carboxylic acids is 2. The molecule has 172 valence electrons. The molecule has 0 saturated carbocycles. The van der Waals surface area contributed by atoms with Gasteiger partial charge in [-0.1, -0.05) is 36.4 Å². The number of methoxy groups -OCH3 is 2. The number of hydrogen-bond donors (Lipinski definition) is 1. The van der Waals surface area contributed by atoms with Gasteiger partial charge in [0, 0.05) is 19.5 Å². The quantitative estimate of drug-likeness (QED) is 0.539. The maximum absolute atomic E-state index is 12.7. The smallest absolute Gasteiger partial charge is 0.248 e. The lowest BCUT2D eigenvalue weighted by atomic mass is 10.1. The van der Waals surface area contributed by atoms with Crippen molar-refractivity contribution in [1.29, 1.82) is 0 Å². The predicted octanol–water partition coefficient (Wildman–Crippen LogP) is 2.37. The van der Waals surface area contributed by atoms with Crippen LogP contribution in [0.3, 0.4) is 0 Å². The maximum Gasteiger partial charge on any atom is 0.248 e. The van der Waals surface area contributed by atoms with Crippen LogP contribution in [0, 0.1) is 5.92 Å². The van der Waals surface area contributed by atoms with Crippen LogP contribution in [0.4, 0.5) is 5.95 Å². The van der Waals surface area contributed by atoms with Crippen molar-refractivity contribution in [3.8, 4) is 11.5 Å². The lowest BCUT2D eigenvalue weighted by molar-refractivity contribution is -0.128. The minimum atomic E-state index is -0.427. The van der Waals surface area contributed by atoms with E-state index in [1.165, 1.54) is 0 Å². The van der Waals surface area contributed by atoms with E-state index in [4.69, 9.17) is 9.47 Å². The topological polar surface area (TPSA) is 98.6 Å². The fourth-order valence-electron chi connectivity index (χ4n) is 3.87. The van der Waals surface area contributed by atoms with Crippen LogP contribution in [0.5, 0.6) is 11.5 Å². The lowest BCUT2D eigenvalue weighted by Crippen LogP contribution is -2.30. The Kier molecular flexibility index (Phi) is 6.87. The fraction of sp³-hybridized carbons (Fsp3) is 0.333. The summed E-state index contributed by atoms with van der Waals surface area (Å²) in [6.45, 7) is 1.47. The first kappa shape index (κ1) is 22.3. The van der Waals surface area contributed by atoms with E-state index in [0.29, 0.717) is 37.6 Å². The first-order valence-corrected chi connectivity index (χ1v) is 10.8. The Morgan fingerprint density at radius 3 is 2.64 bits per heavy atom. The van der Waals surface area contributed by atoms with Gasteiger partial charge < -0.3 is 14.4 Å². The van der Waals surface area contributed by atoms with E-state index in [1.54, 1.807) is 30.1 Å². The Morgan fingerprint density at radius 1 is 1.09 bits per heavy atom. The molecule has 1 aliphatic heterocycles. The molecular weight excluding hydrogens is 422 g/mol. The van der Waals surface area contributed by atoms with Crippen LogP contribution in [0.25, 0.3) is 0 Å². The number of rotatable bonds is 9. The average Bonchev–Trinajstić information content (AvgIpc) is 3.43. The van der Waals surface area contributed by atoms with E-state index in [1.807, 2.05) is 48.5 Å². The molecule has 1 saturated heterocycles. The molecule has 1 aromatic heterocycles. The highest BCUT2D eigenvalue weighted by Gasteiger charge is 2.34. The van der Waals surface area contributed by atoms with Gasteiger partial charge in [0.15, 0.2) is 11.5 Å². The molecule has 3 aromatic rings. The number of ether oxygens (including phenoxy) is 2. The van der Waals surface area contributed by atoms with E-state index in [9.17, 15) is 9.59 Å². The molecule has 1 aliphatic rings. The molecule has 1 N–H and O–H groups in total. The van der Waals surface area contributed by atoms with Crippen LogP contribution < -0.4 is 14.8 Å². The molecule has 0 radical (unpaired) electrons. The molecule has 2 amide bonds. The summed E-state index contributed by atoms with van der Waals surface area (Å²) in [6.07, 6.45) is 2.42. The highest BCUT2D eigenvalue weighted by atomic mass is 16.5. The van der Waals surface area contributed by atoms with E-state index < -0.39 is 5.92 Å². The molecule has 2 heterocycles. The molecule has 0 spiro atoms. The van der Waals surface area contributed by atoms with Crippen molar-refractivity contribution in [2.24, 2.45) is 5.92 Å². The largest absolute Gasteiger partial charge is 0.493 e. The maximum atomic E-state index is 12.7. The van der Waals surface area contributed by atoms with Gasteiger partial charge in [-0.2, -0.15) is 0 Å². The molecule has 0 aliphatic carbocycles. The zero-order valence-electron chi connectivity index (χ0n) is 18.7. The summed E-state index contributed by atoms with van der Waals surface area (Å²) in [5, 5.41) is 7.06. The Morgan fingerprint density at radius 2 is 1.88 bits per heavy atom. The van der Waals surface area contributed by atoms with Gasteiger partial charge in [0.2, 0.25) is 17.8 Å². The van der Waals surface area contributed by atoms with E-state index in [0.717, 1.165) is 11.1 Å². The number of benzene rings is 2. The van der Waals surface area contributed by atoms with Crippen LogP contribution in [-0.2, 0) is 22.6 Å². The van der Waals surface area contributed by atoms with Crippen LogP contribution in [0.2, 0.25) is 0 Å². The second-order valence-electron chi connectivity index (χ2n) is 7.92. The van der Waals surface area contributed by atoms with Gasteiger partial charge in [0.05, 0.1) is 26.7 Å². The van der Waals surface area contributed by atoms with Crippen LogP contribution in [0.1, 0.15) is 17.5 Å². The third kappa shape index (κ3) is 5.49. The molecule has 1 atom stereocenters. The minimum Gasteiger partial charge on any atom is -0.493 e. The van der Waals surface area contributed by atoms with Gasteiger partial charge in [0.1, 0.15) is 6.33 Å². The minimum absolute atomic E-state index is 0.0295. The number of hydrogen-bond acceptors (Lipinski definition) is 6. The number of aromatic nitrogens is 3. The normalized spacial score (nSPS) is 15.5. The summed E-state index contributed by atoms with van der Waals surface area (Å²) in [6, 6.07) is 15.6. The summed E-state index contributed by atoms with van der Waals surface area (Å²) in [4.78, 5) is 31.0. The van der Waals surface area contributed by atoms with Crippen molar-refractivity contribution >= 4 is 17.8 Å². The number of likely N-dealkylation sites (tertiary alicyclic amines) is 1.